The lowest BCUT2D eigenvalue weighted by Gasteiger charge is -2.31. The number of nitrogens with one attached hydrogen (secondary N) is 1. The monoisotopic (exact) mass is 430 g/mol. The third-order valence-corrected chi connectivity index (χ3v) is 6.08. The molecule has 0 amide bonds. The first-order chi connectivity index (χ1) is 15.2. The fourth-order valence-corrected chi connectivity index (χ4v) is 4.17. The van der Waals surface area contributed by atoms with E-state index in [0.717, 1.165) is 46.4 Å². The van der Waals surface area contributed by atoms with Crippen LogP contribution in [0.5, 0.6) is 0 Å². The van der Waals surface area contributed by atoms with Gasteiger partial charge in [-0.15, -0.1) is 0 Å². The van der Waals surface area contributed by atoms with Gasteiger partial charge < -0.3 is 14.2 Å². The summed E-state index contributed by atoms with van der Waals surface area (Å²) in [6, 6.07) is 26.2. The summed E-state index contributed by atoms with van der Waals surface area (Å²) in [6.45, 7) is 4.53. The van der Waals surface area contributed by atoms with Gasteiger partial charge >= 0.3 is 0 Å². The largest absolute Gasteiger partial charge is 0.456 e. The summed E-state index contributed by atoms with van der Waals surface area (Å²) in [5.41, 5.74) is 3.95. The molecule has 1 saturated heterocycles. The van der Waals surface area contributed by atoms with E-state index in [9.17, 15) is 0 Å². The minimum Gasteiger partial charge on any atom is -0.456 e. The molecule has 0 bridgehead atoms. The molecule has 0 spiro atoms. The Morgan fingerprint density at radius 2 is 1.65 bits per heavy atom. The summed E-state index contributed by atoms with van der Waals surface area (Å²) >= 11 is 6.28. The van der Waals surface area contributed by atoms with Gasteiger partial charge in [0, 0.05) is 27.7 Å². The Morgan fingerprint density at radius 3 is 2.39 bits per heavy atom. The smallest absolute Gasteiger partial charge is 0.136 e. The highest BCUT2D eigenvalue weighted by Crippen LogP contribution is 2.25. The van der Waals surface area contributed by atoms with Crippen LogP contribution in [-0.4, -0.2) is 33.2 Å². The number of halogens is 1. The molecular formula is C26H25ClN3O+. The Balaban J connectivity index is 1.56. The molecule has 0 saturated carbocycles. The van der Waals surface area contributed by atoms with Gasteiger partial charge in [-0.2, -0.15) is 0 Å². The molecule has 4 nitrogen and oxygen atoms in total. The molecule has 1 aromatic heterocycles. The first kappa shape index (κ1) is 19.9. The molecule has 0 atom stereocenters. The Hall–Kier alpha value is -3.08. The van der Waals surface area contributed by atoms with Crippen molar-refractivity contribution in [1.82, 2.24) is 0 Å². The highest BCUT2D eigenvalue weighted by molar-refractivity contribution is 6.31. The van der Waals surface area contributed by atoms with E-state index in [1.54, 1.807) is 4.90 Å². The van der Waals surface area contributed by atoms with Crippen LogP contribution >= 0.6 is 11.6 Å². The predicted octanol–water partition coefficient (Wildman–Crippen LogP) is 4.32. The standard InChI is InChI=1S/C26H24ClN3O/c1-29-13-15-30(16-14-29)22-10-8-21(9-11-22)28-24-18-26(19-5-3-2-4-6-19)31-25-12-7-20(27)17-23(24)25/h2-12,17-18H,13-16H2,1H3/p+1. The zero-order valence-electron chi connectivity index (χ0n) is 17.5. The van der Waals surface area contributed by atoms with Crippen molar-refractivity contribution in [2.75, 3.05) is 38.1 Å². The third-order valence-electron chi connectivity index (χ3n) is 5.85. The number of piperazine rings is 1. The first-order valence-corrected chi connectivity index (χ1v) is 11.0. The van der Waals surface area contributed by atoms with Crippen LogP contribution in [0.2, 0.25) is 5.02 Å². The van der Waals surface area contributed by atoms with Crippen molar-refractivity contribution >= 4 is 33.9 Å². The molecule has 3 aromatic carbocycles. The molecule has 1 N–H and O–H groups in total. The minimum absolute atomic E-state index is 0.666. The van der Waals surface area contributed by atoms with Gasteiger partial charge in [0.05, 0.1) is 44.3 Å². The van der Waals surface area contributed by atoms with E-state index < -0.39 is 0 Å². The van der Waals surface area contributed by atoms with Crippen LogP contribution in [0.3, 0.4) is 0 Å². The van der Waals surface area contributed by atoms with Crippen LogP contribution < -0.4 is 15.2 Å². The Labute approximate surface area is 187 Å². The summed E-state index contributed by atoms with van der Waals surface area (Å²) < 4.78 is 6.16. The predicted molar refractivity (Wildman–Crippen MR) is 127 cm³/mol. The second-order valence-corrected chi connectivity index (χ2v) is 8.51. The summed E-state index contributed by atoms with van der Waals surface area (Å²) in [5.74, 6) is 0.783. The second-order valence-electron chi connectivity index (χ2n) is 8.07. The maximum absolute atomic E-state index is 6.28. The van der Waals surface area contributed by atoms with Crippen LogP contribution in [0.15, 0.2) is 88.3 Å². The van der Waals surface area contributed by atoms with Gasteiger partial charge in [-0.25, -0.2) is 4.99 Å². The molecule has 0 unspecified atom stereocenters. The van der Waals surface area contributed by atoms with Gasteiger partial charge in [-0.1, -0.05) is 41.9 Å². The van der Waals surface area contributed by atoms with Gasteiger partial charge in [-0.05, 0) is 42.5 Å². The lowest BCUT2D eigenvalue weighted by Crippen LogP contribution is -3.12. The Bertz CT molecular complexity index is 1260. The average molecular weight is 431 g/mol. The summed E-state index contributed by atoms with van der Waals surface area (Å²) in [7, 11) is 2.26. The third kappa shape index (κ3) is 4.36. The molecule has 0 radical (unpaired) electrons. The molecule has 2 heterocycles. The fourth-order valence-electron chi connectivity index (χ4n) is 4.00. The van der Waals surface area contributed by atoms with E-state index in [1.807, 2.05) is 54.6 Å². The maximum atomic E-state index is 6.28. The van der Waals surface area contributed by atoms with E-state index in [4.69, 9.17) is 21.0 Å². The van der Waals surface area contributed by atoms with Gasteiger partial charge in [0.25, 0.3) is 0 Å². The molecule has 4 aromatic rings. The SMILES string of the molecule is C[NH+]1CCN(c2ccc(N=c3cc(-c4ccccc4)oc4ccc(Cl)cc34)cc2)CC1. The maximum Gasteiger partial charge on any atom is 0.136 e. The van der Waals surface area contributed by atoms with Gasteiger partial charge in [0.2, 0.25) is 0 Å². The van der Waals surface area contributed by atoms with E-state index in [2.05, 4.69) is 36.2 Å². The van der Waals surface area contributed by atoms with E-state index in [-0.39, 0.29) is 0 Å². The summed E-state index contributed by atoms with van der Waals surface area (Å²) in [5, 5.41) is 2.41. The number of hydrogen-bond acceptors (Lipinski definition) is 3. The van der Waals surface area contributed by atoms with Crippen LogP contribution in [0, 0.1) is 0 Å². The van der Waals surface area contributed by atoms with Gasteiger partial charge in [-0.3, -0.25) is 0 Å². The molecule has 0 aliphatic carbocycles. The molecule has 1 aliphatic heterocycles. The van der Waals surface area contributed by atoms with E-state index in [0.29, 0.717) is 5.02 Å². The summed E-state index contributed by atoms with van der Waals surface area (Å²) in [4.78, 5) is 8.99. The van der Waals surface area contributed by atoms with Crippen molar-refractivity contribution in [3.05, 3.63) is 89.2 Å². The van der Waals surface area contributed by atoms with E-state index >= 15 is 0 Å². The van der Waals surface area contributed by atoms with Crippen molar-refractivity contribution < 1.29 is 9.32 Å². The number of rotatable bonds is 3. The van der Waals surface area contributed by atoms with Crippen molar-refractivity contribution in [3.63, 3.8) is 0 Å². The fraction of sp³-hybridized carbons (Fsp3) is 0.192. The number of anilines is 1. The molecule has 1 fully saturated rings. The molecule has 31 heavy (non-hydrogen) atoms. The zero-order valence-corrected chi connectivity index (χ0v) is 18.3. The van der Waals surface area contributed by atoms with Crippen LogP contribution in [0.25, 0.3) is 22.3 Å². The number of likely N-dealkylation sites (N-methyl/N-ethyl adjacent to an activating group) is 1. The quantitative estimate of drug-likeness (QED) is 0.525. The summed E-state index contributed by atoms with van der Waals surface area (Å²) in [6.07, 6.45) is 0. The molecule has 1 aliphatic rings. The number of fused-ring (bicyclic) bond motifs is 1. The van der Waals surface area contributed by atoms with Crippen LogP contribution in [-0.2, 0) is 0 Å². The molecule has 5 rings (SSSR count). The van der Waals surface area contributed by atoms with Crippen molar-refractivity contribution in [1.29, 1.82) is 0 Å². The topological polar surface area (TPSA) is 33.2 Å². The van der Waals surface area contributed by atoms with Crippen LogP contribution in [0.1, 0.15) is 0 Å². The average Bonchev–Trinajstić information content (AvgIpc) is 2.81. The van der Waals surface area contributed by atoms with Gasteiger partial charge in [0.1, 0.15) is 11.3 Å². The van der Waals surface area contributed by atoms with Crippen molar-refractivity contribution in [2.24, 2.45) is 4.99 Å². The minimum atomic E-state index is 0.666. The zero-order chi connectivity index (χ0) is 21.2. The Morgan fingerprint density at radius 1 is 0.903 bits per heavy atom. The normalized spacial score (nSPS) is 15.5. The Kier molecular flexibility index (Phi) is 5.49. The van der Waals surface area contributed by atoms with Crippen LogP contribution in [0.4, 0.5) is 11.4 Å². The number of benzene rings is 3. The highest BCUT2D eigenvalue weighted by atomic mass is 35.5. The number of hydrogen-bond donors (Lipinski definition) is 1. The molecule has 156 valence electrons. The lowest BCUT2D eigenvalue weighted by atomic mass is 10.1. The molecule has 5 heteroatoms. The number of quaternary nitrogens is 1. The highest BCUT2D eigenvalue weighted by Gasteiger charge is 2.16. The van der Waals surface area contributed by atoms with Crippen molar-refractivity contribution in [2.45, 2.75) is 0 Å². The second kappa shape index (κ2) is 8.58. The van der Waals surface area contributed by atoms with Crippen molar-refractivity contribution in [3.8, 4) is 11.3 Å². The van der Waals surface area contributed by atoms with E-state index in [1.165, 1.54) is 18.8 Å². The number of nitrogens with zero attached hydrogens (tertiary/aromatic N) is 2. The van der Waals surface area contributed by atoms with Gasteiger partial charge in [0.15, 0.2) is 0 Å². The lowest BCUT2D eigenvalue weighted by molar-refractivity contribution is -0.880. The molecular weight excluding hydrogens is 406 g/mol. The first-order valence-electron chi connectivity index (χ1n) is 10.7.